The van der Waals surface area contributed by atoms with E-state index in [0.29, 0.717) is 63.7 Å². The van der Waals surface area contributed by atoms with E-state index in [1.807, 2.05) is 26.0 Å². The van der Waals surface area contributed by atoms with Crippen LogP contribution in [0.1, 0.15) is 36.8 Å². The summed E-state index contributed by atoms with van der Waals surface area (Å²) in [6, 6.07) is 15.1. The van der Waals surface area contributed by atoms with Gasteiger partial charge in [0.1, 0.15) is 17.1 Å². The predicted octanol–water partition coefficient (Wildman–Crippen LogP) is 5.68. The minimum atomic E-state index is -1.00. The molecule has 0 radical (unpaired) electrons. The number of rotatable bonds is 8. The Morgan fingerprint density at radius 1 is 1.00 bits per heavy atom. The van der Waals surface area contributed by atoms with E-state index in [1.54, 1.807) is 67.1 Å². The van der Waals surface area contributed by atoms with Crippen molar-refractivity contribution in [1.29, 1.82) is 0 Å². The molecule has 0 aliphatic carbocycles. The van der Waals surface area contributed by atoms with Crippen LogP contribution < -0.4 is 19.1 Å². The molecular formula is C31H28N4O6S. The second-order valence-corrected chi connectivity index (χ2v) is 10.6. The van der Waals surface area contributed by atoms with Gasteiger partial charge in [0.2, 0.25) is 0 Å². The number of Topliss-reactive ketones (excluding diaryl/α,β-unsaturated/α-hetero) is 1. The number of hydrogen-bond donors (Lipinski definition) is 1. The summed E-state index contributed by atoms with van der Waals surface area (Å²) in [6.45, 7) is 6.29. The minimum absolute atomic E-state index is 0.0720. The lowest BCUT2D eigenvalue weighted by Gasteiger charge is -2.24. The van der Waals surface area contributed by atoms with E-state index in [2.05, 4.69) is 4.98 Å². The number of aliphatic hydroxyl groups excluding tert-OH is 1. The highest BCUT2D eigenvalue weighted by Gasteiger charge is 2.49. The Kier molecular flexibility index (Phi) is 7.03. The fourth-order valence-electron chi connectivity index (χ4n) is 5.23. The van der Waals surface area contributed by atoms with E-state index in [1.165, 1.54) is 16.2 Å². The molecular weight excluding hydrogens is 556 g/mol. The summed E-state index contributed by atoms with van der Waals surface area (Å²) in [5, 5.41) is 12.1. The predicted molar refractivity (Wildman–Crippen MR) is 160 cm³/mol. The zero-order chi connectivity index (χ0) is 29.5. The van der Waals surface area contributed by atoms with Gasteiger partial charge < -0.3 is 19.3 Å². The standard InChI is InChI=1S/C31H28N4O6S/c1-5-40-21-13-10-18(15-22(21)41-6-2)27-25(28(36)26-17(3)32-24-9-7-8-14-34(24)26)29(37)30(38)35(27)31-33-20-12-11-19(39-4)16-23(20)42-31/h7-16,27,36H,5-6H2,1-4H3/b28-25+. The molecule has 5 aromatic rings. The summed E-state index contributed by atoms with van der Waals surface area (Å²) in [5.74, 6) is -0.316. The van der Waals surface area contributed by atoms with Crippen molar-refractivity contribution in [1.82, 2.24) is 14.4 Å². The van der Waals surface area contributed by atoms with Crippen molar-refractivity contribution in [2.24, 2.45) is 0 Å². The van der Waals surface area contributed by atoms with E-state index < -0.39 is 17.7 Å². The molecule has 0 saturated carbocycles. The van der Waals surface area contributed by atoms with Crippen LogP contribution in [-0.4, -0.2) is 51.5 Å². The number of aliphatic hydroxyl groups is 1. The number of ether oxygens (including phenoxy) is 3. The Morgan fingerprint density at radius 3 is 2.55 bits per heavy atom. The lowest BCUT2D eigenvalue weighted by Crippen LogP contribution is -2.29. The van der Waals surface area contributed by atoms with Gasteiger partial charge in [0.15, 0.2) is 22.4 Å². The van der Waals surface area contributed by atoms with Crippen molar-refractivity contribution in [2.75, 3.05) is 25.2 Å². The third-order valence-corrected chi connectivity index (χ3v) is 8.06. The molecule has 2 aromatic carbocycles. The molecule has 214 valence electrons. The van der Waals surface area contributed by atoms with Gasteiger partial charge in [0, 0.05) is 6.20 Å². The van der Waals surface area contributed by atoms with Gasteiger partial charge in [0.25, 0.3) is 5.78 Å². The highest BCUT2D eigenvalue weighted by molar-refractivity contribution is 7.22. The molecule has 1 saturated heterocycles. The summed E-state index contributed by atoms with van der Waals surface area (Å²) in [6.07, 6.45) is 1.75. The summed E-state index contributed by atoms with van der Waals surface area (Å²) >= 11 is 1.25. The largest absolute Gasteiger partial charge is 0.505 e. The lowest BCUT2D eigenvalue weighted by atomic mass is 9.96. The van der Waals surface area contributed by atoms with Crippen LogP contribution in [0.25, 0.3) is 21.6 Å². The van der Waals surface area contributed by atoms with Crippen LogP contribution in [0.2, 0.25) is 0 Å². The quantitative estimate of drug-likeness (QED) is 0.141. The first-order chi connectivity index (χ1) is 20.4. The maximum atomic E-state index is 13.8. The Bertz CT molecular complexity index is 1890. The molecule has 1 N–H and O–H groups in total. The fourth-order valence-corrected chi connectivity index (χ4v) is 6.25. The van der Waals surface area contributed by atoms with Gasteiger partial charge in [-0.1, -0.05) is 23.5 Å². The van der Waals surface area contributed by atoms with Crippen molar-refractivity contribution in [3.8, 4) is 17.2 Å². The number of fused-ring (bicyclic) bond motifs is 2. The Morgan fingerprint density at radius 2 is 1.79 bits per heavy atom. The molecule has 1 atom stereocenters. The molecule has 0 bridgehead atoms. The van der Waals surface area contributed by atoms with E-state index in [0.717, 1.165) is 4.70 Å². The average Bonchev–Trinajstić information content (AvgIpc) is 3.64. The number of carbonyl (C=O) groups excluding carboxylic acids is 2. The monoisotopic (exact) mass is 584 g/mol. The number of methoxy groups -OCH3 is 1. The van der Waals surface area contributed by atoms with Crippen LogP contribution in [-0.2, 0) is 9.59 Å². The second-order valence-electron chi connectivity index (χ2n) is 9.55. The minimum Gasteiger partial charge on any atom is -0.505 e. The smallest absolute Gasteiger partial charge is 0.301 e. The fraction of sp³-hybridized carbons (Fsp3) is 0.226. The van der Waals surface area contributed by atoms with Crippen molar-refractivity contribution in [3.63, 3.8) is 0 Å². The lowest BCUT2D eigenvalue weighted by molar-refractivity contribution is -0.132. The molecule has 11 heteroatoms. The highest BCUT2D eigenvalue weighted by Crippen LogP contribution is 2.46. The maximum absolute atomic E-state index is 13.8. The van der Waals surface area contributed by atoms with Gasteiger partial charge in [-0.05, 0) is 68.8 Å². The molecule has 1 amide bonds. The van der Waals surface area contributed by atoms with Crippen molar-refractivity contribution < 1.29 is 28.9 Å². The van der Waals surface area contributed by atoms with Crippen molar-refractivity contribution in [3.05, 3.63) is 83.3 Å². The number of amides is 1. The van der Waals surface area contributed by atoms with Crippen LogP contribution in [0.3, 0.4) is 0 Å². The maximum Gasteiger partial charge on any atom is 0.301 e. The molecule has 3 aromatic heterocycles. The Labute approximate surface area is 245 Å². The summed E-state index contributed by atoms with van der Waals surface area (Å²) in [4.78, 5) is 38.2. The number of hydrogen-bond acceptors (Lipinski definition) is 9. The number of carbonyl (C=O) groups is 2. The number of thiazole rings is 1. The summed E-state index contributed by atoms with van der Waals surface area (Å²) in [5.41, 5.74) is 2.57. The number of ketones is 1. The van der Waals surface area contributed by atoms with Gasteiger partial charge in [-0.2, -0.15) is 0 Å². The average molecular weight is 585 g/mol. The van der Waals surface area contributed by atoms with Crippen LogP contribution in [0.15, 0.2) is 66.4 Å². The van der Waals surface area contributed by atoms with Gasteiger partial charge in [-0.3, -0.25) is 18.9 Å². The molecule has 1 unspecified atom stereocenters. The number of aromatic nitrogens is 3. The topological polar surface area (TPSA) is 115 Å². The zero-order valence-corrected chi connectivity index (χ0v) is 24.3. The molecule has 4 heterocycles. The first kappa shape index (κ1) is 27.3. The Balaban J connectivity index is 1.60. The molecule has 1 aliphatic rings. The van der Waals surface area contributed by atoms with Crippen LogP contribution in [0, 0.1) is 6.92 Å². The summed E-state index contributed by atoms with van der Waals surface area (Å²) in [7, 11) is 1.58. The Hall–Kier alpha value is -4.90. The molecule has 42 heavy (non-hydrogen) atoms. The number of anilines is 1. The number of imidazole rings is 1. The van der Waals surface area contributed by atoms with E-state index in [9.17, 15) is 14.7 Å². The van der Waals surface area contributed by atoms with Crippen LogP contribution in [0.4, 0.5) is 5.13 Å². The highest BCUT2D eigenvalue weighted by atomic mass is 32.1. The second kappa shape index (κ2) is 10.8. The first-order valence-electron chi connectivity index (χ1n) is 13.4. The number of aryl methyl sites for hydroxylation is 1. The summed E-state index contributed by atoms with van der Waals surface area (Å²) < 4.78 is 19.5. The van der Waals surface area contributed by atoms with Crippen molar-refractivity contribution in [2.45, 2.75) is 26.8 Å². The molecule has 10 nitrogen and oxygen atoms in total. The number of nitrogens with zero attached hydrogens (tertiary/aromatic N) is 4. The third-order valence-electron chi connectivity index (χ3n) is 7.05. The number of pyridine rings is 1. The molecule has 1 aliphatic heterocycles. The molecule has 0 spiro atoms. The van der Waals surface area contributed by atoms with Gasteiger partial charge in [0.05, 0.1) is 47.8 Å². The number of benzene rings is 2. The SMILES string of the molecule is CCOc1ccc(C2/C(=C(\O)c3c(C)nc4ccccn34)C(=O)C(=O)N2c2nc3ccc(OC)cc3s2)cc1OCC. The van der Waals surface area contributed by atoms with Crippen LogP contribution in [0.5, 0.6) is 17.2 Å². The zero-order valence-electron chi connectivity index (χ0n) is 23.5. The van der Waals surface area contributed by atoms with Gasteiger partial charge >= 0.3 is 5.91 Å². The molecule has 6 rings (SSSR count). The van der Waals surface area contributed by atoms with E-state index in [-0.39, 0.29) is 11.3 Å². The van der Waals surface area contributed by atoms with Crippen molar-refractivity contribution >= 4 is 49.8 Å². The first-order valence-corrected chi connectivity index (χ1v) is 14.3. The normalized spacial score (nSPS) is 16.5. The third kappa shape index (κ3) is 4.42. The van der Waals surface area contributed by atoms with Gasteiger partial charge in [-0.15, -0.1) is 0 Å². The van der Waals surface area contributed by atoms with E-state index in [4.69, 9.17) is 19.2 Å². The molecule has 1 fully saturated rings. The van der Waals surface area contributed by atoms with Crippen LogP contribution >= 0.6 is 11.3 Å². The van der Waals surface area contributed by atoms with E-state index >= 15 is 0 Å². The van der Waals surface area contributed by atoms with Gasteiger partial charge in [-0.25, -0.2) is 9.97 Å².